The van der Waals surface area contributed by atoms with Crippen molar-refractivity contribution in [2.75, 3.05) is 12.8 Å². The maximum Gasteiger partial charge on any atom is 0.373 e. The lowest BCUT2D eigenvalue weighted by Crippen LogP contribution is -1.97. The minimum absolute atomic E-state index is 0.0995. The second-order valence-corrected chi connectivity index (χ2v) is 2.77. The lowest BCUT2D eigenvalue weighted by Gasteiger charge is -1.92. The molecule has 0 bridgehead atoms. The SMILES string of the molecule is COC(=O)c1ccc(-c2cc(N)no2)o1. The summed E-state index contributed by atoms with van der Waals surface area (Å²) in [6.07, 6.45) is 0. The lowest BCUT2D eigenvalue weighted by atomic mass is 10.3. The molecule has 0 aliphatic heterocycles. The summed E-state index contributed by atoms with van der Waals surface area (Å²) in [7, 11) is 1.27. The van der Waals surface area contributed by atoms with Gasteiger partial charge in [0.15, 0.2) is 11.6 Å². The van der Waals surface area contributed by atoms with E-state index in [1.54, 1.807) is 6.07 Å². The van der Waals surface area contributed by atoms with Crippen LogP contribution in [0.5, 0.6) is 0 Å². The molecule has 0 atom stereocenters. The van der Waals surface area contributed by atoms with Crippen molar-refractivity contribution in [3.63, 3.8) is 0 Å². The van der Waals surface area contributed by atoms with Gasteiger partial charge in [-0.15, -0.1) is 0 Å². The molecular weight excluding hydrogens is 200 g/mol. The summed E-state index contributed by atoms with van der Waals surface area (Å²) in [6.45, 7) is 0. The van der Waals surface area contributed by atoms with Crippen molar-refractivity contribution in [3.05, 3.63) is 24.0 Å². The summed E-state index contributed by atoms with van der Waals surface area (Å²) in [6, 6.07) is 4.56. The Morgan fingerprint density at radius 2 is 2.27 bits per heavy atom. The van der Waals surface area contributed by atoms with Crippen LogP contribution in [0.3, 0.4) is 0 Å². The van der Waals surface area contributed by atoms with Crippen molar-refractivity contribution in [2.45, 2.75) is 0 Å². The molecule has 15 heavy (non-hydrogen) atoms. The first kappa shape index (κ1) is 9.32. The topological polar surface area (TPSA) is 91.5 Å². The van der Waals surface area contributed by atoms with E-state index in [4.69, 9.17) is 14.7 Å². The van der Waals surface area contributed by atoms with Crippen LogP contribution in [0.1, 0.15) is 10.6 Å². The lowest BCUT2D eigenvalue weighted by molar-refractivity contribution is 0.0566. The number of hydrogen-bond acceptors (Lipinski definition) is 6. The number of rotatable bonds is 2. The largest absolute Gasteiger partial charge is 0.463 e. The molecule has 6 nitrogen and oxygen atoms in total. The number of nitrogen functional groups attached to an aromatic ring is 1. The van der Waals surface area contributed by atoms with Crippen LogP contribution in [-0.2, 0) is 4.74 Å². The van der Waals surface area contributed by atoms with Crippen molar-refractivity contribution >= 4 is 11.8 Å². The van der Waals surface area contributed by atoms with Gasteiger partial charge in [-0.3, -0.25) is 0 Å². The predicted octanol–water partition coefficient (Wildman–Crippen LogP) is 1.30. The highest BCUT2D eigenvalue weighted by molar-refractivity contribution is 5.86. The zero-order chi connectivity index (χ0) is 10.8. The summed E-state index contributed by atoms with van der Waals surface area (Å²) in [5.74, 6) is 0.541. The molecule has 0 radical (unpaired) electrons. The van der Waals surface area contributed by atoms with Crippen LogP contribution in [0.4, 0.5) is 5.82 Å². The summed E-state index contributed by atoms with van der Waals surface area (Å²) in [4.78, 5) is 11.1. The van der Waals surface area contributed by atoms with Crippen LogP contribution in [0.2, 0.25) is 0 Å². The first-order valence-corrected chi connectivity index (χ1v) is 4.11. The van der Waals surface area contributed by atoms with Crippen molar-refractivity contribution in [1.29, 1.82) is 0 Å². The summed E-state index contributed by atoms with van der Waals surface area (Å²) in [5, 5.41) is 3.49. The first-order valence-electron chi connectivity index (χ1n) is 4.11. The number of hydrogen-bond donors (Lipinski definition) is 1. The number of ether oxygens (including phenoxy) is 1. The van der Waals surface area contributed by atoms with E-state index in [-0.39, 0.29) is 11.6 Å². The smallest absolute Gasteiger partial charge is 0.373 e. The van der Waals surface area contributed by atoms with Crippen LogP contribution in [-0.4, -0.2) is 18.2 Å². The number of methoxy groups -OCH3 is 1. The van der Waals surface area contributed by atoms with Gasteiger partial charge in [0.2, 0.25) is 11.5 Å². The van der Waals surface area contributed by atoms with E-state index in [0.717, 1.165) is 0 Å². The van der Waals surface area contributed by atoms with Gasteiger partial charge in [0, 0.05) is 6.07 Å². The van der Waals surface area contributed by atoms with Crippen molar-refractivity contribution in [1.82, 2.24) is 5.16 Å². The monoisotopic (exact) mass is 208 g/mol. The third-order valence-corrected chi connectivity index (χ3v) is 1.76. The highest BCUT2D eigenvalue weighted by Crippen LogP contribution is 2.23. The second-order valence-electron chi connectivity index (χ2n) is 2.77. The fourth-order valence-electron chi connectivity index (χ4n) is 1.09. The molecule has 2 N–H and O–H groups in total. The van der Waals surface area contributed by atoms with Crippen LogP contribution in [0.25, 0.3) is 11.5 Å². The molecule has 2 aromatic heterocycles. The van der Waals surface area contributed by atoms with Crippen molar-refractivity contribution in [2.24, 2.45) is 0 Å². The van der Waals surface area contributed by atoms with Crippen molar-refractivity contribution in [3.8, 4) is 11.5 Å². The number of carbonyl (C=O) groups is 1. The molecule has 0 aliphatic carbocycles. The third kappa shape index (κ3) is 1.69. The van der Waals surface area contributed by atoms with E-state index in [1.807, 2.05) is 0 Å². The Morgan fingerprint density at radius 1 is 1.47 bits per heavy atom. The average molecular weight is 208 g/mol. The highest BCUT2D eigenvalue weighted by Gasteiger charge is 2.14. The average Bonchev–Trinajstić information content (AvgIpc) is 2.84. The Labute approximate surface area is 84.6 Å². The van der Waals surface area contributed by atoms with Gasteiger partial charge in [-0.25, -0.2) is 4.79 Å². The fraction of sp³-hybridized carbons (Fsp3) is 0.111. The van der Waals surface area contributed by atoms with Gasteiger partial charge in [0.05, 0.1) is 7.11 Å². The van der Waals surface area contributed by atoms with E-state index >= 15 is 0 Å². The zero-order valence-electron chi connectivity index (χ0n) is 7.89. The Kier molecular flexibility index (Phi) is 2.17. The van der Waals surface area contributed by atoms with Crippen LogP contribution >= 0.6 is 0 Å². The van der Waals surface area contributed by atoms with Gasteiger partial charge in [0.25, 0.3) is 0 Å². The summed E-state index contributed by atoms with van der Waals surface area (Å²) >= 11 is 0. The van der Waals surface area contributed by atoms with E-state index < -0.39 is 5.97 Å². The number of anilines is 1. The Bertz CT molecular complexity index is 486. The molecule has 0 unspecified atom stereocenters. The van der Waals surface area contributed by atoms with Gasteiger partial charge < -0.3 is 19.4 Å². The fourth-order valence-corrected chi connectivity index (χ4v) is 1.09. The van der Waals surface area contributed by atoms with Crippen LogP contribution in [0.15, 0.2) is 27.1 Å². The number of nitrogens with two attached hydrogens (primary N) is 1. The summed E-state index contributed by atoms with van der Waals surface area (Å²) < 4.78 is 14.5. The minimum Gasteiger partial charge on any atom is -0.463 e. The Balaban J connectivity index is 2.31. The molecule has 2 aromatic rings. The number of aromatic nitrogens is 1. The van der Waals surface area contributed by atoms with Gasteiger partial charge >= 0.3 is 5.97 Å². The number of furan rings is 1. The van der Waals surface area contributed by atoms with Gasteiger partial charge in [-0.1, -0.05) is 5.16 Å². The molecule has 0 aliphatic rings. The van der Waals surface area contributed by atoms with Crippen molar-refractivity contribution < 1.29 is 18.5 Å². The molecule has 2 heterocycles. The standard InChI is InChI=1S/C9H8N2O4/c1-13-9(12)6-3-2-5(14-6)7-4-8(10)11-15-7/h2-4H,1H3,(H2,10,11). The van der Waals surface area contributed by atoms with E-state index in [2.05, 4.69) is 9.89 Å². The van der Waals surface area contributed by atoms with Gasteiger partial charge in [-0.2, -0.15) is 0 Å². The Hall–Kier alpha value is -2.24. The molecule has 2 rings (SSSR count). The maximum absolute atomic E-state index is 11.1. The van der Waals surface area contributed by atoms with Crippen LogP contribution in [0, 0.1) is 0 Å². The first-order chi connectivity index (χ1) is 7.20. The zero-order valence-corrected chi connectivity index (χ0v) is 7.89. The molecule has 0 amide bonds. The van der Waals surface area contributed by atoms with Gasteiger partial charge in [-0.05, 0) is 12.1 Å². The number of esters is 1. The number of nitrogens with zero attached hydrogens (tertiary/aromatic N) is 1. The quantitative estimate of drug-likeness (QED) is 0.748. The summed E-state index contributed by atoms with van der Waals surface area (Å²) in [5.41, 5.74) is 5.37. The molecule has 78 valence electrons. The Morgan fingerprint density at radius 3 is 2.87 bits per heavy atom. The molecule has 0 spiro atoms. The minimum atomic E-state index is -0.547. The molecule has 6 heteroatoms. The molecular formula is C9H8N2O4. The van der Waals surface area contributed by atoms with E-state index in [9.17, 15) is 4.79 Å². The predicted molar refractivity (Wildman–Crippen MR) is 50.0 cm³/mol. The molecule has 0 saturated heterocycles. The van der Waals surface area contributed by atoms with E-state index in [1.165, 1.54) is 19.2 Å². The number of carbonyl (C=O) groups excluding carboxylic acids is 1. The van der Waals surface area contributed by atoms with Crippen LogP contribution < -0.4 is 5.73 Å². The highest BCUT2D eigenvalue weighted by atomic mass is 16.5. The maximum atomic E-state index is 11.1. The molecule has 0 aromatic carbocycles. The third-order valence-electron chi connectivity index (χ3n) is 1.76. The molecule has 0 saturated carbocycles. The second kappa shape index (κ2) is 3.49. The normalized spacial score (nSPS) is 10.2. The molecule has 0 fully saturated rings. The van der Waals surface area contributed by atoms with E-state index in [0.29, 0.717) is 11.5 Å². The van der Waals surface area contributed by atoms with Gasteiger partial charge in [0.1, 0.15) is 0 Å².